The van der Waals surface area contributed by atoms with Crippen LogP contribution in [0.2, 0.25) is 5.02 Å². The fourth-order valence-corrected chi connectivity index (χ4v) is 1.55. The van der Waals surface area contributed by atoms with E-state index in [0.717, 1.165) is 6.07 Å². The van der Waals surface area contributed by atoms with Gasteiger partial charge < -0.3 is 5.11 Å². The van der Waals surface area contributed by atoms with Crippen LogP contribution in [0.3, 0.4) is 0 Å². The van der Waals surface area contributed by atoms with Gasteiger partial charge in [-0.05, 0) is 17.7 Å². The van der Waals surface area contributed by atoms with E-state index in [1.54, 1.807) is 0 Å². The third-order valence-electron chi connectivity index (χ3n) is 1.97. The van der Waals surface area contributed by atoms with Crippen LogP contribution in [-0.4, -0.2) is 11.1 Å². The molecule has 1 aromatic carbocycles. The summed E-state index contributed by atoms with van der Waals surface area (Å²) in [7, 11) is 0. The van der Waals surface area contributed by atoms with E-state index in [1.165, 1.54) is 6.07 Å². The van der Waals surface area contributed by atoms with Crippen LogP contribution >= 0.6 is 11.6 Å². The Hall–Kier alpha value is -1.74. The van der Waals surface area contributed by atoms with Crippen molar-refractivity contribution in [3.63, 3.8) is 0 Å². The Bertz CT molecular complexity index is 505. The van der Waals surface area contributed by atoms with Crippen molar-refractivity contribution in [2.45, 2.75) is 12.6 Å². The van der Waals surface area contributed by atoms with Gasteiger partial charge in [0.25, 0.3) is 0 Å². The predicted molar refractivity (Wildman–Crippen MR) is 52.5 cm³/mol. The first-order valence-corrected chi connectivity index (χ1v) is 4.65. The molecule has 0 fully saturated rings. The van der Waals surface area contributed by atoms with Gasteiger partial charge in [-0.15, -0.1) is 0 Å². The maximum atomic E-state index is 12.6. The zero-order chi connectivity index (χ0) is 13.2. The molecule has 17 heavy (non-hydrogen) atoms. The number of alkyl halides is 3. The highest BCUT2D eigenvalue weighted by Crippen LogP contribution is 2.35. The number of nitriles is 1. The highest BCUT2D eigenvalue weighted by atomic mass is 35.5. The average Bonchev–Trinajstić information content (AvgIpc) is 2.17. The molecule has 0 heterocycles. The van der Waals surface area contributed by atoms with Crippen LogP contribution in [0.5, 0.6) is 0 Å². The molecule has 0 radical (unpaired) electrons. The van der Waals surface area contributed by atoms with Crippen LogP contribution < -0.4 is 0 Å². The monoisotopic (exact) mass is 263 g/mol. The van der Waals surface area contributed by atoms with Crippen LogP contribution in [0.15, 0.2) is 12.1 Å². The second-order valence-corrected chi connectivity index (χ2v) is 3.60. The molecular formula is C10H5ClF3NO2. The van der Waals surface area contributed by atoms with Crippen molar-refractivity contribution in [2.75, 3.05) is 0 Å². The number of carboxylic acid groups (broad SMARTS) is 1. The summed E-state index contributed by atoms with van der Waals surface area (Å²) in [5, 5.41) is 17.0. The summed E-state index contributed by atoms with van der Waals surface area (Å²) in [6.07, 6.45) is -5.63. The zero-order valence-corrected chi connectivity index (χ0v) is 8.93. The van der Waals surface area contributed by atoms with Gasteiger partial charge in [-0.2, -0.15) is 18.4 Å². The van der Waals surface area contributed by atoms with Crippen LogP contribution in [0, 0.1) is 11.3 Å². The lowest BCUT2D eigenvalue weighted by Crippen LogP contribution is -2.14. The lowest BCUT2D eigenvalue weighted by molar-refractivity contribution is -0.139. The summed E-state index contributed by atoms with van der Waals surface area (Å²) in [5.41, 5.74) is -2.15. The molecule has 0 amide bonds. The number of aliphatic carboxylic acids is 1. The summed E-state index contributed by atoms with van der Waals surface area (Å²) in [5.74, 6) is -1.45. The van der Waals surface area contributed by atoms with Gasteiger partial charge in [-0.1, -0.05) is 11.6 Å². The number of nitrogens with zero attached hydrogens (tertiary/aromatic N) is 1. The van der Waals surface area contributed by atoms with Gasteiger partial charge in [-0.3, -0.25) is 4.79 Å². The third-order valence-corrected chi connectivity index (χ3v) is 2.19. The molecule has 0 unspecified atom stereocenters. The molecule has 1 rings (SSSR count). The number of carboxylic acids is 1. The number of hydrogen-bond donors (Lipinski definition) is 1. The number of hydrogen-bond acceptors (Lipinski definition) is 2. The molecule has 0 aromatic heterocycles. The van der Waals surface area contributed by atoms with Crippen LogP contribution in [0.1, 0.15) is 16.7 Å². The molecule has 0 bridgehead atoms. The van der Waals surface area contributed by atoms with E-state index in [-0.39, 0.29) is 10.6 Å². The molecule has 0 aliphatic heterocycles. The minimum Gasteiger partial charge on any atom is -0.481 e. The zero-order valence-electron chi connectivity index (χ0n) is 8.18. The summed E-state index contributed by atoms with van der Waals surface area (Å²) in [4.78, 5) is 10.5. The Morgan fingerprint density at radius 2 is 2.06 bits per heavy atom. The van der Waals surface area contributed by atoms with E-state index in [4.69, 9.17) is 22.0 Å². The van der Waals surface area contributed by atoms with Gasteiger partial charge in [0.1, 0.15) is 0 Å². The van der Waals surface area contributed by atoms with Crippen molar-refractivity contribution in [1.82, 2.24) is 0 Å². The standard InChI is InChI=1S/C10H5ClF3NO2/c11-6-1-5(4-15)7(3-9(16)17)8(2-6)10(12,13)14/h1-2H,3H2,(H,16,17). The van der Waals surface area contributed by atoms with Crippen molar-refractivity contribution >= 4 is 17.6 Å². The molecule has 0 aliphatic rings. The van der Waals surface area contributed by atoms with Crippen LogP contribution in [-0.2, 0) is 17.4 Å². The Morgan fingerprint density at radius 3 is 2.47 bits per heavy atom. The van der Waals surface area contributed by atoms with Crippen molar-refractivity contribution < 1.29 is 23.1 Å². The normalized spacial score (nSPS) is 11.0. The first kappa shape index (κ1) is 13.3. The second-order valence-electron chi connectivity index (χ2n) is 3.16. The van der Waals surface area contributed by atoms with E-state index in [0.29, 0.717) is 6.07 Å². The van der Waals surface area contributed by atoms with E-state index in [9.17, 15) is 18.0 Å². The van der Waals surface area contributed by atoms with Gasteiger partial charge in [-0.25, -0.2) is 0 Å². The Balaban J connectivity index is 3.51. The van der Waals surface area contributed by atoms with Gasteiger partial charge in [0.2, 0.25) is 0 Å². The van der Waals surface area contributed by atoms with Gasteiger partial charge in [0, 0.05) is 5.02 Å². The van der Waals surface area contributed by atoms with Crippen molar-refractivity contribution in [1.29, 1.82) is 5.26 Å². The van der Waals surface area contributed by atoms with Crippen LogP contribution in [0.25, 0.3) is 0 Å². The van der Waals surface area contributed by atoms with Crippen molar-refractivity contribution in [2.24, 2.45) is 0 Å². The number of carbonyl (C=O) groups is 1. The lowest BCUT2D eigenvalue weighted by atomic mass is 9.98. The smallest absolute Gasteiger partial charge is 0.416 e. The number of benzene rings is 1. The molecule has 90 valence electrons. The minimum atomic E-state index is -4.75. The molecule has 0 aliphatic carbocycles. The highest BCUT2D eigenvalue weighted by molar-refractivity contribution is 6.30. The first-order valence-electron chi connectivity index (χ1n) is 4.27. The van der Waals surface area contributed by atoms with E-state index >= 15 is 0 Å². The Kier molecular flexibility index (Phi) is 3.63. The maximum absolute atomic E-state index is 12.6. The quantitative estimate of drug-likeness (QED) is 0.892. The molecule has 1 N–H and O–H groups in total. The molecule has 0 atom stereocenters. The summed E-state index contributed by atoms with van der Waals surface area (Å²) in [6.45, 7) is 0. The molecule has 0 saturated heterocycles. The number of halogens is 4. The molecular weight excluding hydrogens is 259 g/mol. The van der Waals surface area contributed by atoms with Crippen molar-refractivity contribution in [3.05, 3.63) is 33.8 Å². The molecule has 0 saturated carbocycles. The number of rotatable bonds is 2. The highest BCUT2D eigenvalue weighted by Gasteiger charge is 2.35. The second kappa shape index (κ2) is 4.63. The summed E-state index contributed by atoms with van der Waals surface area (Å²) in [6, 6.07) is 3.13. The molecule has 3 nitrogen and oxygen atoms in total. The van der Waals surface area contributed by atoms with E-state index < -0.39 is 29.7 Å². The SMILES string of the molecule is N#Cc1cc(Cl)cc(C(F)(F)F)c1CC(=O)O. The van der Waals surface area contributed by atoms with Crippen LogP contribution in [0.4, 0.5) is 13.2 Å². The maximum Gasteiger partial charge on any atom is 0.416 e. The summed E-state index contributed by atoms with van der Waals surface area (Å²) < 4.78 is 37.9. The fraction of sp³-hybridized carbons (Fsp3) is 0.200. The van der Waals surface area contributed by atoms with Gasteiger partial charge >= 0.3 is 12.1 Å². The Labute approximate surface area is 99.0 Å². The summed E-state index contributed by atoms with van der Waals surface area (Å²) >= 11 is 5.44. The van der Waals surface area contributed by atoms with Gasteiger partial charge in [0.05, 0.1) is 23.6 Å². The van der Waals surface area contributed by atoms with E-state index in [2.05, 4.69) is 0 Å². The predicted octanol–water partition coefficient (Wildman–Crippen LogP) is 2.86. The molecule has 1 aromatic rings. The van der Waals surface area contributed by atoms with E-state index in [1.807, 2.05) is 0 Å². The lowest BCUT2D eigenvalue weighted by Gasteiger charge is -2.13. The Morgan fingerprint density at radius 1 is 1.47 bits per heavy atom. The third kappa shape index (κ3) is 3.11. The van der Waals surface area contributed by atoms with Crippen molar-refractivity contribution in [3.8, 4) is 6.07 Å². The van der Waals surface area contributed by atoms with Gasteiger partial charge in [0.15, 0.2) is 0 Å². The first-order chi connectivity index (χ1) is 7.75. The average molecular weight is 264 g/mol. The fourth-order valence-electron chi connectivity index (χ4n) is 1.33. The topological polar surface area (TPSA) is 61.1 Å². The minimum absolute atomic E-state index is 0.261. The largest absolute Gasteiger partial charge is 0.481 e. The molecule has 0 spiro atoms. The molecule has 7 heteroatoms.